The number of anilines is 1. The van der Waals surface area contributed by atoms with Gasteiger partial charge in [0.15, 0.2) is 5.78 Å². The highest BCUT2D eigenvalue weighted by Gasteiger charge is 2.25. The quantitative estimate of drug-likeness (QED) is 0.428. The lowest BCUT2D eigenvalue weighted by Crippen LogP contribution is -2.46. The fraction of sp³-hybridized carbons (Fsp3) is 0.259. The van der Waals surface area contributed by atoms with Crippen LogP contribution < -0.4 is 10.6 Å². The number of rotatable bonds is 5. The van der Waals surface area contributed by atoms with Crippen LogP contribution >= 0.6 is 0 Å². The summed E-state index contributed by atoms with van der Waals surface area (Å²) in [7, 11) is 0. The van der Waals surface area contributed by atoms with E-state index in [9.17, 15) is 13.6 Å². The number of aromatic nitrogens is 3. The van der Waals surface area contributed by atoms with Crippen LogP contribution in [0.25, 0.3) is 22.2 Å². The molecule has 178 valence electrons. The van der Waals surface area contributed by atoms with Crippen LogP contribution in [0.3, 0.4) is 0 Å². The van der Waals surface area contributed by atoms with Gasteiger partial charge in [-0.25, -0.2) is 13.8 Å². The Hall–Kier alpha value is -3.78. The molecule has 5 rings (SSSR count). The smallest absolute Gasteiger partial charge is 0.185 e. The predicted octanol–water partition coefficient (Wildman–Crippen LogP) is 4.57. The van der Waals surface area contributed by atoms with E-state index in [0.717, 1.165) is 30.8 Å². The zero-order valence-corrected chi connectivity index (χ0v) is 19.3. The standard InChI is InChI=1S/C27H25F2N5O/c1-16-9-19(30)15-34(14-16)25-7-8-31-12-17(25)11-26(35)23-6-5-22-24(33-23)10-18(13-32-22)27-20(28)3-2-4-21(27)29/h2-8,10,12-13,16,19H,9,11,14-15,30H2,1H3/t16-,19+/m1/s1. The van der Waals surface area contributed by atoms with Crippen molar-refractivity contribution in [1.82, 2.24) is 15.0 Å². The fourth-order valence-electron chi connectivity index (χ4n) is 4.80. The summed E-state index contributed by atoms with van der Waals surface area (Å²) >= 11 is 0. The lowest BCUT2D eigenvalue weighted by molar-refractivity contribution is 0.0988. The molecule has 1 fully saturated rings. The number of pyridine rings is 3. The molecule has 0 bridgehead atoms. The first-order chi connectivity index (χ1) is 16.9. The molecule has 0 amide bonds. The van der Waals surface area contributed by atoms with Crippen molar-refractivity contribution in [3.63, 3.8) is 0 Å². The first-order valence-corrected chi connectivity index (χ1v) is 11.6. The molecular formula is C27H25F2N5O. The Labute approximate surface area is 201 Å². The number of benzene rings is 1. The first-order valence-electron chi connectivity index (χ1n) is 11.6. The van der Waals surface area contributed by atoms with Crippen molar-refractivity contribution in [2.75, 3.05) is 18.0 Å². The van der Waals surface area contributed by atoms with E-state index in [4.69, 9.17) is 5.73 Å². The van der Waals surface area contributed by atoms with Crippen LogP contribution in [0, 0.1) is 17.6 Å². The minimum absolute atomic E-state index is 0.0820. The van der Waals surface area contributed by atoms with E-state index in [-0.39, 0.29) is 35.1 Å². The third-order valence-corrected chi connectivity index (χ3v) is 6.34. The molecule has 2 N–H and O–H groups in total. The zero-order valence-electron chi connectivity index (χ0n) is 19.3. The van der Waals surface area contributed by atoms with E-state index in [2.05, 4.69) is 26.8 Å². The van der Waals surface area contributed by atoms with Crippen molar-refractivity contribution in [3.8, 4) is 11.1 Å². The molecule has 0 spiro atoms. The van der Waals surface area contributed by atoms with Crippen molar-refractivity contribution >= 4 is 22.5 Å². The van der Waals surface area contributed by atoms with Gasteiger partial charge in [-0.2, -0.15) is 0 Å². The van der Waals surface area contributed by atoms with Crippen LogP contribution in [0.5, 0.6) is 0 Å². The number of hydrogen-bond donors (Lipinski definition) is 1. The Balaban J connectivity index is 1.44. The van der Waals surface area contributed by atoms with Crippen molar-refractivity contribution < 1.29 is 13.6 Å². The van der Waals surface area contributed by atoms with Crippen LogP contribution in [0.4, 0.5) is 14.5 Å². The maximum atomic E-state index is 14.3. The van der Waals surface area contributed by atoms with Gasteiger partial charge >= 0.3 is 0 Å². The number of hydrogen-bond acceptors (Lipinski definition) is 6. The normalized spacial score (nSPS) is 18.1. The molecule has 1 aliphatic heterocycles. The second kappa shape index (κ2) is 9.46. The molecule has 0 saturated carbocycles. The second-order valence-corrected chi connectivity index (χ2v) is 9.17. The fourth-order valence-corrected chi connectivity index (χ4v) is 4.80. The topological polar surface area (TPSA) is 85.0 Å². The van der Waals surface area contributed by atoms with Gasteiger partial charge < -0.3 is 10.6 Å². The molecule has 4 aromatic rings. The van der Waals surface area contributed by atoms with Crippen LogP contribution in [-0.4, -0.2) is 39.9 Å². The first kappa shape index (κ1) is 23.0. The maximum Gasteiger partial charge on any atom is 0.185 e. The highest BCUT2D eigenvalue weighted by molar-refractivity contribution is 5.98. The molecule has 3 aromatic heterocycles. The molecule has 6 nitrogen and oxygen atoms in total. The van der Waals surface area contributed by atoms with Gasteiger partial charge in [0.1, 0.15) is 17.3 Å². The van der Waals surface area contributed by atoms with Gasteiger partial charge in [-0.05, 0) is 48.7 Å². The van der Waals surface area contributed by atoms with Crippen LogP contribution in [0.15, 0.2) is 61.1 Å². The van der Waals surface area contributed by atoms with E-state index in [0.29, 0.717) is 17.0 Å². The monoisotopic (exact) mass is 473 g/mol. The molecule has 1 aliphatic rings. The largest absolute Gasteiger partial charge is 0.369 e. The summed E-state index contributed by atoms with van der Waals surface area (Å²) in [6.45, 7) is 3.77. The highest BCUT2D eigenvalue weighted by atomic mass is 19.1. The summed E-state index contributed by atoms with van der Waals surface area (Å²) in [5.41, 5.74) is 9.25. The van der Waals surface area contributed by atoms with Gasteiger partial charge in [-0.3, -0.25) is 14.8 Å². The number of nitrogens with two attached hydrogens (primary N) is 1. The van der Waals surface area contributed by atoms with Gasteiger partial charge in [0, 0.05) is 61.0 Å². The minimum Gasteiger partial charge on any atom is -0.369 e. The molecular weight excluding hydrogens is 448 g/mol. The van der Waals surface area contributed by atoms with Gasteiger partial charge in [0.2, 0.25) is 0 Å². The average Bonchev–Trinajstić information content (AvgIpc) is 2.83. The average molecular weight is 474 g/mol. The van der Waals surface area contributed by atoms with E-state index in [1.54, 1.807) is 30.6 Å². The van der Waals surface area contributed by atoms with Gasteiger partial charge in [0.25, 0.3) is 0 Å². The summed E-state index contributed by atoms with van der Waals surface area (Å²) < 4.78 is 28.5. The molecule has 0 radical (unpaired) electrons. The molecule has 0 unspecified atom stereocenters. The minimum atomic E-state index is -0.686. The molecule has 35 heavy (non-hydrogen) atoms. The molecule has 2 atom stereocenters. The lowest BCUT2D eigenvalue weighted by atomic mass is 9.95. The summed E-state index contributed by atoms with van der Waals surface area (Å²) in [6, 6.07) is 10.5. The van der Waals surface area contributed by atoms with Crippen LogP contribution in [0.2, 0.25) is 0 Å². The SMILES string of the molecule is C[C@@H]1C[C@H](N)CN(c2ccncc2CC(=O)c2ccc3ncc(-c4c(F)cccc4F)cc3n2)C1. The Morgan fingerprint density at radius 2 is 1.89 bits per heavy atom. The molecule has 4 heterocycles. The van der Waals surface area contributed by atoms with Gasteiger partial charge in [-0.15, -0.1) is 0 Å². The van der Waals surface area contributed by atoms with E-state index < -0.39 is 11.6 Å². The number of piperidine rings is 1. The number of carbonyl (C=O) groups is 1. The van der Waals surface area contributed by atoms with Crippen molar-refractivity contribution in [2.45, 2.75) is 25.8 Å². The Morgan fingerprint density at radius 3 is 2.66 bits per heavy atom. The van der Waals surface area contributed by atoms with E-state index >= 15 is 0 Å². The van der Waals surface area contributed by atoms with Gasteiger partial charge in [-0.1, -0.05) is 13.0 Å². The Bertz CT molecular complexity index is 1380. The van der Waals surface area contributed by atoms with Crippen molar-refractivity contribution in [2.24, 2.45) is 11.7 Å². The number of Topliss-reactive ketones (excluding diaryl/α,β-unsaturated/α-hetero) is 1. The molecule has 8 heteroatoms. The van der Waals surface area contributed by atoms with Crippen LogP contribution in [0.1, 0.15) is 29.4 Å². The maximum absolute atomic E-state index is 14.3. The summed E-state index contributed by atoms with van der Waals surface area (Å²) in [6.07, 6.45) is 5.93. The van der Waals surface area contributed by atoms with E-state index in [1.807, 2.05) is 6.07 Å². The Kier molecular flexibility index (Phi) is 6.21. The number of fused-ring (bicyclic) bond motifs is 1. The second-order valence-electron chi connectivity index (χ2n) is 9.17. The van der Waals surface area contributed by atoms with E-state index in [1.165, 1.54) is 24.4 Å². The predicted molar refractivity (Wildman–Crippen MR) is 131 cm³/mol. The zero-order chi connectivity index (χ0) is 24.5. The summed E-state index contributed by atoms with van der Waals surface area (Å²) in [4.78, 5) is 28.4. The molecule has 0 aliphatic carbocycles. The summed E-state index contributed by atoms with van der Waals surface area (Å²) in [5, 5.41) is 0. The molecule has 1 aromatic carbocycles. The Morgan fingerprint density at radius 1 is 1.09 bits per heavy atom. The summed E-state index contributed by atoms with van der Waals surface area (Å²) in [5.74, 6) is -1.10. The number of halogens is 2. The lowest BCUT2D eigenvalue weighted by Gasteiger charge is -2.37. The molecule has 1 saturated heterocycles. The van der Waals surface area contributed by atoms with Gasteiger partial charge in [0.05, 0.1) is 16.6 Å². The van der Waals surface area contributed by atoms with Crippen LogP contribution in [-0.2, 0) is 6.42 Å². The number of carbonyl (C=O) groups excluding carboxylic acids is 1. The number of nitrogens with zero attached hydrogens (tertiary/aromatic N) is 4. The highest BCUT2D eigenvalue weighted by Crippen LogP contribution is 2.29. The van der Waals surface area contributed by atoms with Crippen molar-refractivity contribution in [1.29, 1.82) is 0 Å². The third kappa shape index (κ3) is 4.74. The number of ketones is 1. The van der Waals surface area contributed by atoms with Crippen molar-refractivity contribution in [3.05, 3.63) is 83.9 Å². The third-order valence-electron chi connectivity index (χ3n) is 6.34.